The van der Waals surface area contributed by atoms with E-state index in [0.29, 0.717) is 41.1 Å². The van der Waals surface area contributed by atoms with Crippen molar-refractivity contribution in [2.24, 2.45) is 0 Å². The number of carbonyl (C=O) groups is 2. The molecule has 1 N–H and O–H groups in total. The minimum atomic E-state index is -0.513. The molecule has 9 nitrogen and oxygen atoms in total. The molecule has 0 spiro atoms. The normalized spacial score (nSPS) is 14.1. The summed E-state index contributed by atoms with van der Waals surface area (Å²) in [5, 5.41) is 8.04. The number of nitrogens with one attached hydrogen (secondary N) is 1. The van der Waals surface area contributed by atoms with Crippen molar-refractivity contribution in [1.82, 2.24) is 14.8 Å². The Labute approximate surface area is 199 Å². The summed E-state index contributed by atoms with van der Waals surface area (Å²) >= 11 is 0. The van der Waals surface area contributed by atoms with E-state index >= 15 is 0 Å². The lowest BCUT2D eigenvalue weighted by Crippen LogP contribution is -2.36. The van der Waals surface area contributed by atoms with Gasteiger partial charge in [0, 0.05) is 30.5 Å². The molecule has 1 fully saturated rings. The molecule has 2 aromatic heterocycles. The molecule has 9 heteroatoms. The summed E-state index contributed by atoms with van der Waals surface area (Å²) in [7, 11) is 1.33. The number of carbonyl (C=O) groups excluding carboxylic acids is 2. The average Bonchev–Trinajstić information content (AvgIpc) is 3.28. The number of morpholine rings is 1. The smallest absolute Gasteiger partial charge is 0.340 e. The lowest BCUT2D eigenvalue weighted by Gasteiger charge is -2.29. The van der Waals surface area contributed by atoms with Crippen molar-refractivity contribution >= 4 is 34.3 Å². The predicted molar refractivity (Wildman–Crippen MR) is 131 cm³/mol. The minimum absolute atomic E-state index is 0.0991. The Kier molecular flexibility index (Phi) is 6.83. The molecule has 0 atom stereocenters. The van der Waals surface area contributed by atoms with E-state index in [4.69, 9.17) is 14.5 Å². The van der Waals surface area contributed by atoms with Crippen LogP contribution in [0.25, 0.3) is 11.0 Å². The lowest BCUT2D eigenvalue weighted by atomic mass is 10.0. The molecule has 0 radical (unpaired) electrons. The Morgan fingerprint density at radius 1 is 1.09 bits per heavy atom. The van der Waals surface area contributed by atoms with E-state index in [1.54, 1.807) is 24.4 Å². The molecule has 1 aliphatic heterocycles. The van der Waals surface area contributed by atoms with E-state index in [2.05, 4.69) is 15.3 Å². The molecular formula is C25H31N5O4. The summed E-state index contributed by atoms with van der Waals surface area (Å²) in [6.45, 7) is 10.8. The summed E-state index contributed by atoms with van der Waals surface area (Å²) in [4.78, 5) is 33.0. The van der Waals surface area contributed by atoms with Crippen LogP contribution in [-0.4, -0.2) is 60.1 Å². The maximum Gasteiger partial charge on any atom is 0.340 e. The number of anilines is 2. The van der Waals surface area contributed by atoms with Gasteiger partial charge in [-0.05, 0) is 44.0 Å². The van der Waals surface area contributed by atoms with Crippen LogP contribution in [0.5, 0.6) is 0 Å². The zero-order valence-electron chi connectivity index (χ0n) is 20.3. The second-order valence-corrected chi connectivity index (χ2v) is 8.94. The van der Waals surface area contributed by atoms with Crippen LogP contribution in [0.1, 0.15) is 66.1 Å². The van der Waals surface area contributed by atoms with E-state index in [1.807, 2.05) is 38.4 Å². The van der Waals surface area contributed by atoms with Crippen molar-refractivity contribution in [3.63, 3.8) is 0 Å². The third-order valence-electron chi connectivity index (χ3n) is 5.94. The van der Waals surface area contributed by atoms with Crippen molar-refractivity contribution in [3.05, 3.63) is 47.3 Å². The van der Waals surface area contributed by atoms with E-state index < -0.39 is 5.97 Å². The SMILES string of the molecule is COC(=O)c1cc(N2CCOCC2)ccc1NC(=O)c1cc(C(C)C)nc2c1cnn2C(C)C. The fourth-order valence-corrected chi connectivity index (χ4v) is 4.03. The van der Waals surface area contributed by atoms with Crippen LogP contribution in [0.15, 0.2) is 30.5 Å². The van der Waals surface area contributed by atoms with Crippen molar-refractivity contribution in [2.75, 3.05) is 43.6 Å². The van der Waals surface area contributed by atoms with Gasteiger partial charge in [-0.2, -0.15) is 5.10 Å². The number of fused-ring (bicyclic) bond motifs is 1. The zero-order chi connectivity index (χ0) is 24.4. The van der Waals surface area contributed by atoms with Crippen molar-refractivity contribution in [3.8, 4) is 0 Å². The highest BCUT2D eigenvalue weighted by Crippen LogP contribution is 2.28. The standard InChI is InChI=1S/C25H31N5O4/c1-15(2)22-13-18(20-14-26-30(16(3)4)23(20)27-22)24(31)28-21-7-6-17(12-19(21)25(32)33-5)29-8-10-34-11-9-29/h6-7,12-16H,8-11H2,1-5H3,(H,28,31). The molecule has 3 heterocycles. The molecule has 34 heavy (non-hydrogen) atoms. The molecule has 4 rings (SSSR count). The number of nitrogens with zero attached hydrogens (tertiary/aromatic N) is 4. The molecule has 0 unspecified atom stereocenters. The monoisotopic (exact) mass is 465 g/mol. The number of rotatable bonds is 6. The molecule has 1 saturated heterocycles. The second-order valence-electron chi connectivity index (χ2n) is 8.94. The molecule has 3 aromatic rings. The van der Waals surface area contributed by atoms with Gasteiger partial charge in [0.1, 0.15) is 0 Å². The van der Waals surface area contributed by atoms with Gasteiger partial charge in [0.25, 0.3) is 5.91 Å². The third-order valence-corrected chi connectivity index (χ3v) is 5.94. The van der Waals surface area contributed by atoms with E-state index in [-0.39, 0.29) is 17.9 Å². The summed E-state index contributed by atoms with van der Waals surface area (Å²) in [6, 6.07) is 7.29. The van der Waals surface area contributed by atoms with Crippen LogP contribution in [0.2, 0.25) is 0 Å². The van der Waals surface area contributed by atoms with Crippen LogP contribution in [0.3, 0.4) is 0 Å². The summed E-state index contributed by atoms with van der Waals surface area (Å²) in [5.41, 5.74) is 3.51. The zero-order valence-corrected chi connectivity index (χ0v) is 20.3. The summed E-state index contributed by atoms with van der Waals surface area (Å²) in [5.74, 6) is -0.715. The first-order valence-corrected chi connectivity index (χ1v) is 11.5. The Hall–Kier alpha value is -3.46. The maximum atomic E-state index is 13.5. The molecule has 1 amide bonds. The van der Waals surface area contributed by atoms with Gasteiger partial charge < -0.3 is 19.7 Å². The van der Waals surface area contributed by atoms with E-state index in [1.165, 1.54) is 7.11 Å². The predicted octanol–water partition coefficient (Wildman–Crippen LogP) is 4.01. The fourth-order valence-electron chi connectivity index (χ4n) is 4.03. The number of aromatic nitrogens is 3. The minimum Gasteiger partial charge on any atom is -0.465 e. The van der Waals surface area contributed by atoms with Gasteiger partial charge in [-0.1, -0.05) is 13.8 Å². The molecule has 0 aliphatic carbocycles. The van der Waals surface area contributed by atoms with Crippen LogP contribution in [0, 0.1) is 0 Å². The number of amides is 1. The van der Waals surface area contributed by atoms with Gasteiger partial charge in [-0.3, -0.25) is 4.79 Å². The summed E-state index contributed by atoms with van der Waals surface area (Å²) < 4.78 is 12.2. The maximum absolute atomic E-state index is 13.5. The first kappa shape index (κ1) is 23.7. The highest BCUT2D eigenvalue weighted by atomic mass is 16.5. The number of hydrogen-bond acceptors (Lipinski definition) is 7. The van der Waals surface area contributed by atoms with Gasteiger partial charge >= 0.3 is 5.97 Å². The van der Waals surface area contributed by atoms with Gasteiger partial charge in [-0.25, -0.2) is 14.5 Å². The lowest BCUT2D eigenvalue weighted by molar-refractivity contribution is 0.0602. The van der Waals surface area contributed by atoms with Gasteiger partial charge in [0.2, 0.25) is 0 Å². The van der Waals surface area contributed by atoms with E-state index in [9.17, 15) is 9.59 Å². The van der Waals surface area contributed by atoms with Gasteiger partial charge in [-0.15, -0.1) is 0 Å². The second kappa shape index (κ2) is 9.80. The average molecular weight is 466 g/mol. The van der Waals surface area contributed by atoms with E-state index in [0.717, 1.165) is 24.5 Å². The van der Waals surface area contributed by atoms with Crippen LogP contribution in [-0.2, 0) is 9.47 Å². The highest BCUT2D eigenvalue weighted by Gasteiger charge is 2.22. The van der Waals surface area contributed by atoms with Crippen LogP contribution in [0.4, 0.5) is 11.4 Å². The quantitative estimate of drug-likeness (QED) is 0.549. The first-order valence-electron chi connectivity index (χ1n) is 11.5. The van der Waals surface area contributed by atoms with Crippen LogP contribution < -0.4 is 10.2 Å². The first-order chi connectivity index (χ1) is 16.3. The number of esters is 1. The van der Waals surface area contributed by atoms with Crippen molar-refractivity contribution < 1.29 is 19.1 Å². The number of pyridine rings is 1. The number of hydrogen-bond donors (Lipinski definition) is 1. The molecule has 0 bridgehead atoms. The number of methoxy groups -OCH3 is 1. The molecule has 1 aliphatic rings. The molecule has 0 saturated carbocycles. The van der Waals surface area contributed by atoms with Crippen LogP contribution >= 0.6 is 0 Å². The highest BCUT2D eigenvalue weighted by molar-refractivity contribution is 6.14. The number of benzene rings is 1. The fraction of sp³-hybridized carbons (Fsp3) is 0.440. The molecule has 1 aromatic carbocycles. The van der Waals surface area contributed by atoms with Gasteiger partial charge in [0.05, 0.1) is 48.7 Å². The Bertz CT molecular complexity index is 1210. The Morgan fingerprint density at radius 3 is 2.47 bits per heavy atom. The molecule has 180 valence electrons. The molecular weight excluding hydrogens is 434 g/mol. The van der Waals surface area contributed by atoms with Gasteiger partial charge in [0.15, 0.2) is 5.65 Å². The van der Waals surface area contributed by atoms with Crippen molar-refractivity contribution in [2.45, 2.75) is 39.7 Å². The van der Waals surface area contributed by atoms with Crippen molar-refractivity contribution in [1.29, 1.82) is 0 Å². The number of ether oxygens (including phenoxy) is 2. The Morgan fingerprint density at radius 2 is 1.82 bits per heavy atom. The summed E-state index contributed by atoms with van der Waals surface area (Å²) in [6.07, 6.45) is 1.67. The Balaban J connectivity index is 1.72. The largest absolute Gasteiger partial charge is 0.465 e. The topological polar surface area (TPSA) is 98.6 Å². The third kappa shape index (κ3) is 4.61.